The summed E-state index contributed by atoms with van der Waals surface area (Å²) in [6, 6.07) is 10.1. The monoisotopic (exact) mass is 381 g/mol. The van der Waals surface area contributed by atoms with Crippen molar-refractivity contribution < 1.29 is 9.59 Å². The summed E-state index contributed by atoms with van der Waals surface area (Å²) >= 11 is 0. The van der Waals surface area contributed by atoms with Crippen LogP contribution in [-0.4, -0.2) is 46.1 Å². The Balaban J connectivity index is 1.37. The molecule has 2 N–H and O–H groups in total. The van der Waals surface area contributed by atoms with E-state index in [4.69, 9.17) is 0 Å². The number of hydrogen-bond acceptors (Lipinski definition) is 4. The molecule has 1 atom stereocenters. The van der Waals surface area contributed by atoms with Gasteiger partial charge in [0.2, 0.25) is 5.91 Å². The highest BCUT2D eigenvalue weighted by atomic mass is 16.2. The summed E-state index contributed by atoms with van der Waals surface area (Å²) in [4.78, 5) is 26.4. The minimum Gasteiger partial charge on any atom is -0.347 e. The Kier molecular flexibility index (Phi) is 5.71. The summed E-state index contributed by atoms with van der Waals surface area (Å²) < 4.78 is 1.90. The first kappa shape index (κ1) is 18.7. The fraction of sp³-hybridized carbons (Fsp3) is 0.476. The molecule has 1 aromatic heterocycles. The third kappa shape index (κ3) is 4.25. The summed E-state index contributed by atoms with van der Waals surface area (Å²) in [6.07, 6.45) is 5.66. The van der Waals surface area contributed by atoms with Gasteiger partial charge >= 0.3 is 0 Å². The van der Waals surface area contributed by atoms with E-state index in [1.807, 2.05) is 40.0 Å². The van der Waals surface area contributed by atoms with Crippen molar-refractivity contribution in [2.75, 3.05) is 19.6 Å². The summed E-state index contributed by atoms with van der Waals surface area (Å²) in [7, 11) is 0. The van der Waals surface area contributed by atoms with E-state index in [0.717, 1.165) is 50.0 Å². The Morgan fingerprint density at radius 3 is 2.82 bits per heavy atom. The van der Waals surface area contributed by atoms with Crippen molar-refractivity contribution in [2.45, 2.75) is 44.8 Å². The molecule has 2 aliphatic rings. The van der Waals surface area contributed by atoms with Crippen molar-refractivity contribution >= 4 is 11.8 Å². The lowest BCUT2D eigenvalue weighted by atomic mass is 10.1. The van der Waals surface area contributed by atoms with E-state index in [2.05, 4.69) is 15.7 Å². The van der Waals surface area contributed by atoms with E-state index in [1.165, 1.54) is 0 Å². The number of rotatable bonds is 6. The van der Waals surface area contributed by atoms with Gasteiger partial charge in [-0.15, -0.1) is 0 Å². The normalized spacial score (nSPS) is 19.8. The molecule has 1 unspecified atom stereocenters. The van der Waals surface area contributed by atoms with E-state index < -0.39 is 0 Å². The summed E-state index contributed by atoms with van der Waals surface area (Å²) in [6.45, 7) is 3.79. The fourth-order valence-corrected chi connectivity index (χ4v) is 3.95. The van der Waals surface area contributed by atoms with Gasteiger partial charge in [-0.05, 0) is 43.0 Å². The van der Waals surface area contributed by atoms with Gasteiger partial charge in [-0.2, -0.15) is 5.10 Å². The number of nitrogens with one attached hydrogen (secondary N) is 2. The molecule has 7 heteroatoms. The van der Waals surface area contributed by atoms with Gasteiger partial charge in [-0.1, -0.05) is 24.3 Å². The molecule has 2 amide bonds. The molecule has 1 aromatic carbocycles. The standard InChI is InChI=1S/C21H27N5O2/c27-20-8-4-11-25(20)15-17-6-2-1-5-16(17)13-23-21(28)19-9-12-26(24-19)18-7-3-10-22-14-18/h1-2,5-6,9,12,18,22H,3-4,7-8,10-11,13-15H2,(H,23,28). The maximum atomic E-state index is 12.6. The van der Waals surface area contributed by atoms with Crippen LogP contribution in [0.4, 0.5) is 0 Å². The number of nitrogens with zero attached hydrogens (tertiary/aromatic N) is 3. The minimum absolute atomic E-state index is 0.172. The SMILES string of the molecule is O=C(NCc1ccccc1CN1CCCC1=O)c1ccn(C2CCCNC2)n1. The molecule has 2 fully saturated rings. The van der Waals surface area contributed by atoms with Crippen LogP contribution in [-0.2, 0) is 17.9 Å². The molecule has 0 aliphatic carbocycles. The van der Waals surface area contributed by atoms with Gasteiger partial charge in [0.15, 0.2) is 0 Å². The number of carbonyl (C=O) groups excluding carboxylic acids is 2. The van der Waals surface area contributed by atoms with Crippen LogP contribution in [0.1, 0.15) is 53.3 Å². The Bertz CT molecular complexity index is 841. The molecule has 0 spiro atoms. The molecule has 0 saturated carbocycles. The van der Waals surface area contributed by atoms with Crippen LogP contribution in [0.2, 0.25) is 0 Å². The predicted octanol–water partition coefficient (Wildman–Crippen LogP) is 1.86. The molecule has 148 valence electrons. The molecule has 28 heavy (non-hydrogen) atoms. The van der Waals surface area contributed by atoms with Crippen LogP contribution in [0.15, 0.2) is 36.5 Å². The largest absolute Gasteiger partial charge is 0.347 e. The highest BCUT2D eigenvalue weighted by molar-refractivity contribution is 5.92. The quantitative estimate of drug-likeness (QED) is 0.801. The minimum atomic E-state index is -0.172. The molecule has 3 heterocycles. The van der Waals surface area contributed by atoms with E-state index in [1.54, 1.807) is 6.07 Å². The molecule has 0 radical (unpaired) electrons. The van der Waals surface area contributed by atoms with Crippen LogP contribution in [0.25, 0.3) is 0 Å². The first-order valence-corrected chi connectivity index (χ1v) is 10.1. The van der Waals surface area contributed by atoms with Gasteiger partial charge in [0.1, 0.15) is 5.69 Å². The lowest BCUT2D eigenvalue weighted by Crippen LogP contribution is -2.32. The number of benzene rings is 1. The molecule has 2 aliphatic heterocycles. The van der Waals surface area contributed by atoms with Crippen molar-refractivity contribution in [1.29, 1.82) is 0 Å². The number of piperidine rings is 1. The van der Waals surface area contributed by atoms with Gasteiger partial charge < -0.3 is 15.5 Å². The van der Waals surface area contributed by atoms with E-state index in [-0.39, 0.29) is 11.8 Å². The lowest BCUT2D eigenvalue weighted by Gasteiger charge is -2.22. The first-order chi connectivity index (χ1) is 13.7. The van der Waals surface area contributed by atoms with E-state index >= 15 is 0 Å². The molecular weight excluding hydrogens is 354 g/mol. The molecule has 0 bridgehead atoms. The third-order valence-electron chi connectivity index (χ3n) is 5.58. The molecule has 7 nitrogen and oxygen atoms in total. The van der Waals surface area contributed by atoms with Gasteiger partial charge in [0.25, 0.3) is 5.91 Å². The number of amides is 2. The van der Waals surface area contributed by atoms with Crippen molar-refractivity contribution in [3.8, 4) is 0 Å². The maximum Gasteiger partial charge on any atom is 0.272 e. The average molecular weight is 381 g/mol. The van der Waals surface area contributed by atoms with Gasteiger partial charge in [-0.25, -0.2) is 0 Å². The molecule has 2 aromatic rings. The van der Waals surface area contributed by atoms with Gasteiger partial charge in [0, 0.05) is 38.8 Å². The second-order valence-corrected chi connectivity index (χ2v) is 7.55. The van der Waals surface area contributed by atoms with Crippen LogP contribution in [0.5, 0.6) is 0 Å². The number of aromatic nitrogens is 2. The van der Waals surface area contributed by atoms with E-state index in [9.17, 15) is 9.59 Å². The zero-order chi connectivity index (χ0) is 19.3. The fourth-order valence-electron chi connectivity index (χ4n) is 3.95. The Morgan fingerprint density at radius 1 is 1.21 bits per heavy atom. The second kappa shape index (κ2) is 8.56. The first-order valence-electron chi connectivity index (χ1n) is 10.1. The van der Waals surface area contributed by atoms with Crippen LogP contribution >= 0.6 is 0 Å². The predicted molar refractivity (Wildman–Crippen MR) is 106 cm³/mol. The van der Waals surface area contributed by atoms with Crippen LogP contribution in [0, 0.1) is 0 Å². The number of likely N-dealkylation sites (tertiary alicyclic amines) is 1. The van der Waals surface area contributed by atoms with Crippen molar-refractivity contribution in [1.82, 2.24) is 25.3 Å². The summed E-state index contributed by atoms with van der Waals surface area (Å²) in [5, 5.41) is 10.8. The lowest BCUT2D eigenvalue weighted by molar-refractivity contribution is -0.128. The number of hydrogen-bond donors (Lipinski definition) is 2. The maximum absolute atomic E-state index is 12.6. The zero-order valence-electron chi connectivity index (χ0n) is 16.1. The van der Waals surface area contributed by atoms with Gasteiger partial charge in [-0.3, -0.25) is 14.3 Å². The van der Waals surface area contributed by atoms with Crippen LogP contribution < -0.4 is 10.6 Å². The summed E-state index contributed by atoms with van der Waals surface area (Å²) in [5.41, 5.74) is 2.56. The Morgan fingerprint density at radius 2 is 2.07 bits per heavy atom. The second-order valence-electron chi connectivity index (χ2n) is 7.55. The molecule has 2 saturated heterocycles. The topological polar surface area (TPSA) is 79.3 Å². The van der Waals surface area contributed by atoms with Gasteiger partial charge in [0.05, 0.1) is 6.04 Å². The van der Waals surface area contributed by atoms with Crippen molar-refractivity contribution in [3.05, 3.63) is 53.3 Å². The highest BCUT2D eigenvalue weighted by Gasteiger charge is 2.21. The average Bonchev–Trinajstić information content (AvgIpc) is 3.38. The van der Waals surface area contributed by atoms with E-state index in [0.29, 0.717) is 31.2 Å². The number of carbonyl (C=O) groups is 2. The Labute approximate surface area is 165 Å². The van der Waals surface area contributed by atoms with Crippen molar-refractivity contribution in [2.24, 2.45) is 0 Å². The Hall–Kier alpha value is -2.67. The smallest absolute Gasteiger partial charge is 0.272 e. The van der Waals surface area contributed by atoms with Crippen molar-refractivity contribution in [3.63, 3.8) is 0 Å². The molecular formula is C21H27N5O2. The third-order valence-corrected chi connectivity index (χ3v) is 5.58. The highest BCUT2D eigenvalue weighted by Crippen LogP contribution is 2.18. The van der Waals surface area contributed by atoms with Crippen LogP contribution in [0.3, 0.4) is 0 Å². The summed E-state index contributed by atoms with van der Waals surface area (Å²) in [5.74, 6) is 0.0381. The zero-order valence-corrected chi connectivity index (χ0v) is 16.1. The molecule has 4 rings (SSSR count).